The molecule has 1 atom stereocenters. The summed E-state index contributed by atoms with van der Waals surface area (Å²) in [6.07, 6.45) is -0.600. The molecule has 11 heavy (non-hydrogen) atoms. The maximum absolute atomic E-state index is 10.4. The molecule has 1 fully saturated rings. The van der Waals surface area contributed by atoms with Crippen molar-refractivity contribution in [2.45, 2.75) is 11.7 Å². The molecule has 0 spiro atoms. The highest BCUT2D eigenvalue weighted by atomic mass is 32.2. The maximum atomic E-state index is 10.4. The number of hydrogen-bond acceptors (Lipinski definition) is 5. The summed E-state index contributed by atoms with van der Waals surface area (Å²) in [6, 6.07) is 0. The Hall–Kier alpha value is -0.950. The van der Waals surface area contributed by atoms with Crippen LogP contribution in [0.5, 0.6) is 0 Å². The molecule has 0 aromatic heterocycles. The standard InChI is InChI=1S/C4H4O6S/c5-3-1-2(4(6)10-3)11(7,8)9/h2H,1H2,(H,7,8,9)/t2-/m0/s1. The molecule has 0 aromatic rings. The number of carbonyl (C=O) groups is 2. The van der Waals surface area contributed by atoms with Gasteiger partial charge in [0.25, 0.3) is 10.1 Å². The van der Waals surface area contributed by atoms with Crippen molar-refractivity contribution in [3.05, 3.63) is 0 Å². The van der Waals surface area contributed by atoms with Gasteiger partial charge in [0.05, 0.1) is 6.42 Å². The minimum atomic E-state index is -4.48. The summed E-state index contributed by atoms with van der Waals surface area (Å²) in [5.41, 5.74) is 0. The smallest absolute Gasteiger partial charge is 0.335 e. The Balaban J connectivity index is 2.94. The van der Waals surface area contributed by atoms with Gasteiger partial charge in [0.2, 0.25) is 0 Å². The van der Waals surface area contributed by atoms with Crippen molar-refractivity contribution in [2.24, 2.45) is 0 Å². The van der Waals surface area contributed by atoms with Gasteiger partial charge in [-0.2, -0.15) is 8.42 Å². The van der Waals surface area contributed by atoms with Crippen molar-refractivity contribution in [3.8, 4) is 0 Å². The lowest BCUT2D eigenvalue weighted by Crippen LogP contribution is -2.24. The van der Waals surface area contributed by atoms with E-state index in [2.05, 4.69) is 4.74 Å². The van der Waals surface area contributed by atoms with Crippen LogP contribution in [0.4, 0.5) is 0 Å². The van der Waals surface area contributed by atoms with Crippen molar-refractivity contribution in [2.75, 3.05) is 0 Å². The number of carbonyl (C=O) groups excluding carboxylic acids is 2. The van der Waals surface area contributed by atoms with Crippen LogP contribution in [0.15, 0.2) is 0 Å². The predicted octanol–water partition coefficient (Wildman–Crippen LogP) is -1.28. The van der Waals surface area contributed by atoms with Crippen molar-refractivity contribution in [1.29, 1.82) is 0 Å². The summed E-state index contributed by atoms with van der Waals surface area (Å²) in [5.74, 6) is -2.14. The van der Waals surface area contributed by atoms with Crippen LogP contribution in [0.3, 0.4) is 0 Å². The van der Waals surface area contributed by atoms with Gasteiger partial charge in [-0.05, 0) is 0 Å². The molecule has 1 N–H and O–H groups in total. The van der Waals surface area contributed by atoms with E-state index in [0.717, 1.165) is 0 Å². The first-order chi connectivity index (χ1) is 4.91. The largest absolute Gasteiger partial charge is 0.392 e. The van der Waals surface area contributed by atoms with E-state index in [1.165, 1.54) is 0 Å². The Bertz CT molecular complexity index is 301. The first-order valence-electron chi connectivity index (χ1n) is 2.62. The van der Waals surface area contributed by atoms with E-state index in [1.54, 1.807) is 0 Å². The van der Waals surface area contributed by atoms with E-state index >= 15 is 0 Å². The number of hydrogen-bond donors (Lipinski definition) is 1. The van der Waals surface area contributed by atoms with Gasteiger partial charge in [-0.25, -0.2) is 0 Å². The van der Waals surface area contributed by atoms with Gasteiger partial charge in [-0.15, -0.1) is 0 Å². The Morgan fingerprint density at radius 3 is 2.18 bits per heavy atom. The molecular formula is C4H4O6S. The monoisotopic (exact) mass is 180 g/mol. The highest BCUT2D eigenvalue weighted by Crippen LogP contribution is 2.14. The van der Waals surface area contributed by atoms with Crippen LogP contribution in [0, 0.1) is 0 Å². The van der Waals surface area contributed by atoms with Gasteiger partial charge >= 0.3 is 11.9 Å². The third kappa shape index (κ3) is 1.55. The number of ether oxygens (including phenoxy) is 1. The van der Waals surface area contributed by atoms with Crippen LogP contribution in [0.25, 0.3) is 0 Å². The van der Waals surface area contributed by atoms with Crippen LogP contribution >= 0.6 is 0 Å². The molecule has 0 bridgehead atoms. The molecule has 1 heterocycles. The molecule has 0 amide bonds. The summed E-state index contributed by atoms with van der Waals surface area (Å²) in [5, 5.41) is -1.73. The zero-order chi connectivity index (χ0) is 8.65. The Morgan fingerprint density at radius 1 is 1.45 bits per heavy atom. The van der Waals surface area contributed by atoms with Crippen LogP contribution < -0.4 is 0 Å². The zero-order valence-corrected chi connectivity index (χ0v) is 6.00. The lowest BCUT2D eigenvalue weighted by molar-refractivity contribution is -0.151. The first-order valence-corrected chi connectivity index (χ1v) is 4.12. The predicted molar refractivity (Wildman–Crippen MR) is 31.1 cm³/mol. The van der Waals surface area contributed by atoms with Gasteiger partial charge in [-0.1, -0.05) is 0 Å². The molecule has 0 aromatic carbocycles. The molecule has 0 unspecified atom stereocenters. The summed E-state index contributed by atoms with van der Waals surface area (Å²) < 4.78 is 32.8. The molecule has 0 radical (unpaired) electrons. The minimum Gasteiger partial charge on any atom is -0.392 e. The van der Waals surface area contributed by atoms with Gasteiger partial charge in [-0.3, -0.25) is 14.1 Å². The Morgan fingerprint density at radius 2 is 2.00 bits per heavy atom. The molecule has 1 aliphatic heterocycles. The van der Waals surface area contributed by atoms with E-state index in [4.69, 9.17) is 4.55 Å². The highest BCUT2D eigenvalue weighted by Gasteiger charge is 2.42. The van der Waals surface area contributed by atoms with Crippen LogP contribution in [-0.2, 0) is 24.4 Å². The van der Waals surface area contributed by atoms with Gasteiger partial charge in [0, 0.05) is 0 Å². The normalized spacial score (nSPS) is 25.4. The van der Waals surface area contributed by atoms with E-state index in [-0.39, 0.29) is 0 Å². The van der Waals surface area contributed by atoms with Crippen LogP contribution in [0.1, 0.15) is 6.42 Å². The van der Waals surface area contributed by atoms with Crippen molar-refractivity contribution in [1.82, 2.24) is 0 Å². The van der Waals surface area contributed by atoms with Crippen LogP contribution in [-0.4, -0.2) is 30.2 Å². The molecule has 7 heteroatoms. The zero-order valence-electron chi connectivity index (χ0n) is 5.18. The summed E-state index contributed by atoms with van der Waals surface area (Å²) >= 11 is 0. The molecule has 1 saturated heterocycles. The van der Waals surface area contributed by atoms with Gasteiger partial charge in [0.15, 0.2) is 5.25 Å². The fourth-order valence-electron chi connectivity index (χ4n) is 0.681. The molecule has 0 aliphatic carbocycles. The molecule has 1 rings (SSSR count). The molecular weight excluding hydrogens is 176 g/mol. The molecule has 6 nitrogen and oxygen atoms in total. The van der Waals surface area contributed by atoms with Gasteiger partial charge in [0.1, 0.15) is 0 Å². The quantitative estimate of drug-likeness (QED) is 0.306. The van der Waals surface area contributed by atoms with Crippen molar-refractivity contribution < 1.29 is 27.3 Å². The summed E-state index contributed by atoms with van der Waals surface area (Å²) in [7, 11) is -4.48. The van der Waals surface area contributed by atoms with Crippen molar-refractivity contribution in [3.63, 3.8) is 0 Å². The van der Waals surface area contributed by atoms with E-state index in [9.17, 15) is 18.0 Å². The number of rotatable bonds is 1. The average molecular weight is 180 g/mol. The fraction of sp³-hybridized carbons (Fsp3) is 0.500. The Kier molecular flexibility index (Phi) is 1.69. The minimum absolute atomic E-state index is 0.600. The molecule has 0 saturated carbocycles. The first kappa shape index (κ1) is 8.15. The van der Waals surface area contributed by atoms with Crippen LogP contribution in [0.2, 0.25) is 0 Å². The lowest BCUT2D eigenvalue weighted by atomic mass is 10.4. The molecule has 62 valence electrons. The van der Waals surface area contributed by atoms with Crippen molar-refractivity contribution >= 4 is 22.1 Å². The topological polar surface area (TPSA) is 97.7 Å². The lowest BCUT2D eigenvalue weighted by Gasteiger charge is -1.96. The highest BCUT2D eigenvalue weighted by molar-refractivity contribution is 7.87. The second kappa shape index (κ2) is 2.28. The SMILES string of the molecule is O=C1C[C@H](S(=O)(=O)O)C(=O)O1. The number of esters is 2. The Labute approximate surface area is 61.9 Å². The van der Waals surface area contributed by atoms with E-state index < -0.39 is 33.7 Å². The summed E-state index contributed by atoms with van der Waals surface area (Å²) in [6.45, 7) is 0. The molecule has 1 aliphatic rings. The second-order valence-electron chi connectivity index (χ2n) is 2.00. The average Bonchev–Trinajstić information content (AvgIpc) is 2.08. The van der Waals surface area contributed by atoms with E-state index in [1.807, 2.05) is 0 Å². The number of cyclic esters (lactones) is 2. The van der Waals surface area contributed by atoms with E-state index in [0.29, 0.717) is 0 Å². The third-order valence-corrected chi connectivity index (χ3v) is 2.27. The fourth-order valence-corrected chi connectivity index (χ4v) is 1.32. The second-order valence-corrected chi connectivity index (χ2v) is 3.60. The third-order valence-electron chi connectivity index (χ3n) is 1.19. The maximum Gasteiger partial charge on any atom is 0.335 e. The van der Waals surface area contributed by atoms with Gasteiger partial charge < -0.3 is 4.74 Å². The summed E-state index contributed by atoms with van der Waals surface area (Å²) in [4.78, 5) is 20.7.